The average Bonchev–Trinajstić information content (AvgIpc) is 2.02. The zero-order chi connectivity index (χ0) is 9.10. The molecule has 1 fully saturated rings. The van der Waals surface area contributed by atoms with E-state index in [9.17, 15) is 0 Å². The largest absolute Gasteiger partial charge is 0.257 e. The summed E-state index contributed by atoms with van der Waals surface area (Å²) in [6.07, 6.45) is 6.20. The fraction of sp³-hybridized carbons (Fsp3) is 0.545. The van der Waals surface area contributed by atoms with Crippen molar-refractivity contribution in [3.8, 4) is 0 Å². The van der Waals surface area contributed by atoms with Crippen molar-refractivity contribution in [3.63, 3.8) is 0 Å². The van der Waals surface area contributed by atoms with Crippen LogP contribution in [0.4, 0.5) is 0 Å². The maximum atomic E-state index is 4.66. The van der Waals surface area contributed by atoms with E-state index in [2.05, 4.69) is 29.4 Å². The molecule has 13 heavy (non-hydrogen) atoms. The zero-order valence-electron chi connectivity index (χ0n) is 7.99. The van der Waals surface area contributed by atoms with Crippen molar-refractivity contribution in [1.82, 2.24) is 4.98 Å². The van der Waals surface area contributed by atoms with E-state index in [0.717, 1.165) is 11.7 Å². The summed E-state index contributed by atoms with van der Waals surface area (Å²) in [6.45, 7) is 0. The molecule has 0 amide bonds. The fourth-order valence-corrected chi connectivity index (χ4v) is 2.11. The van der Waals surface area contributed by atoms with E-state index >= 15 is 0 Å². The lowest BCUT2D eigenvalue weighted by Gasteiger charge is -2.24. The third-order valence-corrected chi connectivity index (χ3v) is 3.23. The number of hydrogen-bond acceptors (Lipinski definition) is 2. The van der Waals surface area contributed by atoms with E-state index in [-0.39, 0.29) is 0 Å². The van der Waals surface area contributed by atoms with Gasteiger partial charge in [-0.25, -0.2) is 0 Å². The molecule has 0 atom stereocenters. The second-order valence-corrected chi connectivity index (χ2v) is 4.48. The molecule has 0 aliphatic heterocycles. The van der Waals surface area contributed by atoms with Crippen molar-refractivity contribution in [2.24, 2.45) is 0 Å². The molecule has 1 heterocycles. The summed E-state index contributed by atoms with van der Waals surface area (Å²) in [5.41, 5.74) is 2.55. The number of aromatic nitrogens is 1. The van der Waals surface area contributed by atoms with Crippen molar-refractivity contribution < 1.29 is 0 Å². The van der Waals surface area contributed by atoms with Crippen LogP contribution in [0.15, 0.2) is 18.2 Å². The minimum absolute atomic E-state index is 0.766. The summed E-state index contributed by atoms with van der Waals surface area (Å²) in [5.74, 6) is 1.81. The average molecular weight is 193 g/mol. The molecule has 70 valence electrons. The Morgan fingerprint density at radius 1 is 1.46 bits per heavy atom. The van der Waals surface area contributed by atoms with Gasteiger partial charge in [-0.2, -0.15) is 11.8 Å². The Bertz CT molecular complexity index is 281. The topological polar surface area (TPSA) is 12.9 Å². The first-order valence-corrected chi connectivity index (χ1v) is 6.24. The molecule has 0 bridgehead atoms. The molecule has 0 N–H and O–H groups in total. The molecule has 1 nitrogen and oxygen atoms in total. The van der Waals surface area contributed by atoms with E-state index < -0.39 is 0 Å². The Labute approximate surface area is 84.0 Å². The number of hydrogen-bond donors (Lipinski definition) is 0. The van der Waals surface area contributed by atoms with Crippen LogP contribution in [-0.2, 0) is 5.75 Å². The SMILES string of the molecule is CSCc1cccc(C2CCC2)n1. The molecule has 0 spiro atoms. The molecule has 1 aromatic heterocycles. The normalized spacial score (nSPS) is 17.0. The van der Waals surface area contributed by atoms with Gasteiger partial charge in [-0.1, -0.05) is 12.5 Å². The van der Waals surface area contributed by atoms with Gasteiger partial charge < -0.3 is 0 Å². The highest BCUT2D eigenvalue weighted by molar-refractivity contribution is 7.97. The number of rotatable bonds is 3. The Morgan fingerprint density at radius 2 is 2.31 bits per heavy atom. The minimum Gasteiger partial charge on any atom is -0.257 e. The number of pyridine rings is 1. The molecule has 1 aromatic rings. The quantitative estimate of drug-likeness (QED) is 0.731. The molecule has 0 aromatic carbocycles. The van der Waals surface area contributed by atoms with Gasteiger partial charge in [0.25, 0.3) is 0 Å². The minimum atomic E-state index is 0.766. The van der Waals surface area contributed by atoms with Crippen molar-refractivity contribution in [1.29, 1.82) is 0 Å². The standard InChI is InChI=1S/C11H15NS/c1-13-8-10-6-3-7-11(12-10)9-4-2-5-9/h3,6-7,9H,2,4-5,8H2,1H3. The lowest BCUT2D eigenvalue weighted by atomic mass is 9.83. The van der Waals surface area contributed by atoms with Gasteiger partial charge in [0.1, 0.15) is 0 Å². The Balaban J connectivity index is 2.11. The first-order valence-electron chi connectivity index (χ1n) is 4.85. The number of nitrogens with zero attached hydrogens (tertiary/aromatic N) is 1. The van der Waals surface area contributed by atoms with E-state index in [0.29, 0.717) is 0 Å². The summed E-state index contributed by atoms with van der Waals surface area (Å²) < 4.78 is 0. The second-order valence-electron chi connectivity index (χ2n) is 3.61. The third-order valence-electron chi connectivity index (χ3n) is 2.64. The van der Waals surface area contributed by atoms with Gasteiger partial charge in [-0.15, -0.1) is 0 Å². The first kappa shape index (κ1) is 9.07. The van der Waals surface area contributed by atoms with E-state index in [4.69, 9.17) is 0 Å². The fourth-order valence-electron chi connectivity index (χ4n) is 1.66. The van der Waals surface area contributed by atoms with Crippen LogP contribution < -0.4 is 0 Å². The van der Waals surface area contributed by atoms with Crippen LogP contribution >= 0.6 is 11.8 Å². The third kappa shape index (κ3) is 2.05. The van der Waals surface area contributed by atoms with Crippen molar-refractivity contribution in [2.45, 2.75) is 30.9 Å². The smallest absolute Gasteiger partial charge is 0.0505 e. The highest BCUT2D eigenvalue weighted by Crippen LogP contribution is 2.35. The summed E-state index contributed by atoms with van der Waals surface area (Å²) in [6, 6.07) is 6.44. The molecule has 2 heteroatoms. The van der Waals surface area contributed by atoms with Gasteiger partial charge in [-0.05, 0) is 31.2 Å². The second kappa shape index (κ2) is 4.14. The first-order chi connectivity index (χ1) is 6.40. The van der Waals surface area contributed by atoms with Crippen LogP contribution in [0.1, 0.15) is 36.6 Å². The van der Waals surface area contributed by atoms with Crippen molar-refractivity contribution in [2.75, 3.05) is 6.26 Å². The maximum absolute atomic E-state index is 4.66. The van der Waals surface area contributed by atoms with Gasteiger partial charge in [0, 0.05) is 17.4 Å². The van der Waals surface area contributed by atoms with Gasteiger partial charge in [0.2, 0.25) is 0 Å². The Kier molecular flexibility index (Phi) is 2.89. The van der Waals surface area contributed by atoms with Crippen LogP contribution in [0.5, 0.6) is 0 Å². The van der Waals surface area contributed by atoms with Crippen LogP contribution in [-0.4, -0.2) is 11.2 Å². The summed E-state index contributed by atoms with van der Waals surface area (Å²) in [5, 5.41) is 0. The molecule has 0 unspecified atom stereocenters. The maximum Gasteiger partial charge on any atom is 0.0505 e. The van der Waals surface area contributed by atoms with Gasteiger partial charge >= 0.3 is 0 Å². The lowest BCUT2D eigenvalue weighted by molar-refractivity contribution is 0.410. The predicted octanol–water partition coefficient (Wildman–Crippen LogP) is 3.21. The predicted molar refractivity (Wildman–Crippen MR) is 58.0 cm³/mol. The molecular formula is C11H15NS. The Hall–Kier alpha value is -0.500. The van der Waals surface area contributed by atoms with Gasteiger partial charge in [0.15, 0.2) is 0 Å². The molecule has 2 rings (SSSR count). The molecular weight excluding hydrogens is 178 g/mol. The highest BCUT2D eigenvalue weighted by atomic mass is 32.2. The monoisotopic (exact) mass is 193 g/mol. The Morgan fingerprint density at radius 3 is 2.92 bits per heavy atom. The summed E-state index contributed by atoms with van der Waals surface area (Å²) >= 11 is 1.84. The summed E-state index contributed by atoms with van der Waals surface area (Å²) in [4.78, 5) is 4.66. The van der Waals surface area contributed by atoms with E-state index in [1.807, 2.05) is 11.8 Å². The van der Waals surface area contributed by atoms with Crippen LogP contribution in [0.3, 0.4) is 0 Å². The van der Waals surface area contributed by atoms with Crippen molar-refractivity contribution >= 4 is 11.8 Å². The number of thioether (sulfide) groups is 1. The van der Waals surface area contributed by atoms with Crippen LogP contribution in [0.2, 0.25) is 0 Å². The lowest BCUT2D eigenvalue weighted by Crippen LogP contribution is -2.11. The van der Waals surface area contributed by atoms with E-state index in [1.165, 1.54) is 30.7 Å². The van der Waals surface area contributed by atoms with E-state index in [1.54, 1.807) is 0 Å². The molecule has 1 saturated carbocycles. The van der Waals surface area contributed by atoms with Gasteiger partial charge in [-0.3, -0.25) is 4.98 Å². The van der Waals surface area contributed by atoms with Crippen LogP contribution in [0.25, 0.3) is 0 Å². The molecule has 0 radical (unpaired) electrons. The van der Waals surface area contributed by atoms with Crippen molar-refractivity contribution in [3.05, 3.63) is 29.6 Å². The molecule has 1 aliphatic carbocycles. The molecule has 0 saturated heterocycles. The van der Waals surface area contributed by atoms with Crippen LogP contribution in [0, 0.1) is 0 Å². The zero-order valence-corrected chi connectivity index (χ0v) is 8.81. The summed E-state index contributed by atoms with van der Waals surface area (Å²) in [7, 11) is 0. The highest BCUT2D eigenvalue weighted by Gasteiger charge is 2.20. The molecule has 1 aliphatic rings. The van der Waals surface area contributed by atoms with Gasteiger partial charge in [0.05, 0.1) is 5.69 Å².